The van der Waals surface area contributed by atoms with Crippen LogP contribution in [0.3, 0.4) is 0 Å². The molecule has 21 heavy (non-hydrogen) atoms. The van der Waals surface area contributed by atoms with E-state index in [9.17, 15) is 0 Å². The van der Waals surface area contributed by atoms with Gasteiger partial charge in [-0.15, -0.1) is 0 Å². The quantitative estimate of drug-likeness (QED) is 0.907. The molecule has 1 fully saturated rings. The van der Waals surface area contributed by atoms with Crippen LogP contribution in [-0.2, 0) is 0 Å². The number of hydrogen-bond acceptors (Lipinski definition) is 4. The number of benzene rings is 1. The molecular weight excluding hydrogens is 278 g/mol. The Labute approximate surface area is 131 Å². The first-order chi connectivity index (χ1) is 9.76. The Kier molecular flexibility index (Phi) is 3.49. The van der Waals surface area contributed by atoms with Crippen LogP contribution in [-0.4, -0.2) is 29.2 Å². The fourth-order valence-electron chi connectivity index (χ4n) is 3.71. The van der Waals surface area contributed by atoms with Crippen LogP contribution < -0.4 is 10.2 Å². The van der Waals surface area contributed by atoms with E-state index < -0.39 is 0 Å². The normalized spacial score (nSPS) is 21.6. The number of fused-ring (bicyclic) bond motifs is 1. The standard InChI is InChI=1S/C17H25N3S/c1-16(2)10-12(11-17(3,4)19-16)20(5)15-18-13-8-6-7-9-14(13)21-15/h6-9,12,19H,10-11H2,1-5H3. The number of hydrogen-bond donors (Lipinski definition) is 1. The minimum Gasteiger partial charge on any atom is -0.348 e. The van der Waals surface area contributed by atoms with Crippen LogP contribution in [0, 0.1) is 0 Å². The summed E-state index contributed by atoms with van der Waals surface area (Å²) in [5, 5.41) is 4.89. The van der Waals surface area contributed by atoms with Crippen LogP contribution in [0.5, 0.6) is 0 Å². The molecule has 0 atom stereocenters. The number of aromatic nitrogens is 1. The highest BCUT2D eigenvalue weighted by Crippen LogP contribution is 2.35. The van der Waals surface area contributed by atoms with Gasteiger partial charge in [0.1, 0.15) is 0 Å². The van der Waals surface area contributed by atoms with E-state index >= 15 is 0 Å². The number of rotatable bonds is 2. The maximum atomic E-state index is 4.81. The summed E-state index contributed by atoms with van der Waals surface area (Å²) < 4.78 is 1.27. The highest BCUT2D eigenvalue weighted by atomic mass is 32.1. The third kappa shape index (κ3) is 3.06. The average molecular weight is 303 g/mol. The number of anilines is 1. The number of nitrogens with one attached hydrogen (secondary N) is 1. The first-order valence-corrected chi connectivity index (χ1v) is 8.45. The Morgan fingerprint density at radius 1 is 1.14 bits per heavy atom. The molecule has 0 bridgehead atoms. The van der Waals surface area contributed by atoms with Gasteiger partial charge in [-0.05, 0) is 52.7 Å². The van der Waals surface area contributed by atoms with Gasteiger partial charge in [-0.25, -0.2) is 4.98 Å². The third-order valence-electron chi connectivity index (χ3n) is 4.30. The lowest BCUT2D eigenvalue weighted by atomic mass is 9.79. The van der Waals surface area contributed by atoms with Crippen molar-refractivity contribution in [2.45, 2.75) is 57.7 Å². The van der Waals surface area contributed by atoms with Crippen molar-refractivity contribution in [3.8, 4) is 0 Å². The van der Waals surface area contributed by atoms with Gasteiger partial charge < -0.3 is 10.2 Å². The van der Waals surface area contributed by atoms with Gasteiger partial charge in [0.25, 0.3) is 0 Å². The van der Waals surface area contributed by atoms with E-state index in [-0.39, 0.29) is 11.1 Å². The van der Waals surface area contributed by atoms with E-state index in [1.54, 1.807) is 11.3 Å². The molecular formula is C17H25N3S. The molecule has 2 aromatic rings. The number of nitrogens with zero attached hydrogens (tertiary/aromatic N) is 2. The molecule has 0 spiro atoms. The zero-order valence-electron chi connectivity index (χ0n) is 13.6. The summed E-state index contributed by atoms with van der Waals surface area (Å²) >= 11 is 1.79. The average Bonchev–Trinajstić information content (AvgIpc) is 2.77. The summed E-state index contributed by atoms with van der Waals surface area (Å²) in [6.45, 7) is 9.19. The van der Waals surface area contributed by atoms with Gasteiger partial charge in [-0.3, -0.25) is 0 Å². The highest BCUT2D eigenvalue weighted by Gasteiger charge is 2.39. The van der Waals surface area contributed by atoms with Crippen molar-refractivity contribution in [1.82, 2.24) is 10.3 Å². The lowest BCUT2D eigenvalue weighted by molar-refractivity contribution is 0.161. The van der Waals surface area contributed by atoms with Crippen molar-refractivity contribution < 1.29 is 0 Å². The SMILES string of the molecule is CN(c1nc2ccccc2s1)C1CC(C)(C)NC(C)(C)C1. The zero-order valence-corrected chi connectivity index (χ0v) is 14.4. The second-order valence-corrected chi connectivity index (χ2v) is 8.54. The Morgan fingerprint density at radius 3 is 2.38 bits per heavy atom. The second-order valence-electron chi connectivity index (χ2n) is 7.53. The molecule has 1 aromatic heterocycles. The predicted octanol–water partition coefficient (Wildman–Crippen LogP) is 4.04. The predicted molar refractivity (Wildman–Crippen MR) is 92.3 cm³/mol. The van der Waals surface area contributed by atoms with E-state index in [1.165, 1.54) is 4.70 Å². The van der Waals surface area contributed by atoms with Crippen LogP contribution in [0.15, 0.2) is 24.3 Å². The molecule has 0 amide bonds. The molecule has 3 rings (SSSR count). The van der Waals surface area contributed by atoms with Crippen molar-refractivity contribution in [2.75, 3.05) is 11.9 Å². The number of piperidine rings is 1. The summed E-state index contributed by atoms with van der Waals surface area (Å²) in [6.07, 6.45) is 2.28. The summed E-state index contributed by atoms with van der Waals surface area (Å²) in [6, 6.07) is 8.92. The van der Waals surface area contributed by atoms with E-state index in [2.05, 4.69) is 69.2 Å². The molecule has 4 heteroatoms. The van der Waals surface area contributed by atoms with E-state index in [4.69, 9.17) is 4.98 Å². The number of para-hydroxylation sites is 1. The van der Waals surface area contributed by atoms with Gasteiger partial charge in [-0.1, -0.05) is 23.5 Å². The molecule has 0 aliphatic carbocycles. The summed E-state index contributed by atoms with van der Waals surface area (Å²) in [5.74, 6) is 0. The summed E-state index contributed by atoms with van der Waals surface area (Å²) in [7, 11) is 2.19. The fourth-order valence-corrected chi connectivity index (χ4v) is 4.71. The lowest BCUT2D eigenvalue weighted by Gasteiger charge is -2.48. The first kappa shape index (κ1) is 14.8. The van der Waals surface area contributed by atoms with Crippen LogP contribution >= 0.6 is 11.3 Å². The van der Waals surface area contributed by atoms with Gasteiger partial charge in [0.05, 0.1) is 10.2 Å². The van der Waals surface area contributed by atoms with Crippen LogP contribution in [0.2, 0.25) is 0 Å². The third-order valence-corrected chi connectivity index (χ3v) is 5.43. The molecule has 2 heterocycles. The molecule has 0 saturated carbocycles. The Morgan fingerprint density at radius 2 is 1.76 bits per heavy atom. The van der Waals surface area contributed by atoms with Crippen molar-refractivity contribution in [3.05, 3.63) is 24.3 Å². The molecule has 0 radical (unpaired) electrons. The smallest absolute Gasteiger partial charge is 0.186 e. The van der Waals surface area contributed by atoms with Gasteiger partial charge in [0.15, 0.2) is 5.13 Å². The Balaban J connectivity index is 1.88. The molecule has 1 aliphatic rings. The van der Waals surface area contributed by atoms with Crippen LogP contribution in [0.1, 0.15) is 40.5 Å². The number of thiazole rings is 1. The lowest BCUT2D eigenvalue weighted by Crippen LogP contribution is -2.61. The summed E-state index contributed by atoms with van der Waals surface area (Å²) in [5.41, 5.74) is 1.44. The van der Waals surface area contributed by atoms with Gasteiger partial charge in [-0.2, -0.15) is 0 Å². The Hall–Kier alpha value is -1.13. The largest absolute Gasteiger partial charge is 0.348 e. The maximum Gasteiger partial charge on any atom is 0.186 e. The monoisotopic (exact) mass is 303 g/mol. The molecule has 114 valence electrons. The van der Waals surface area contributed by atoms with Gasteiger partial charge in [0, 0.05) is 24.2 Å². The molecule has 3 nitrogen and oxygen atoms in total. The van der Waals surface area contributed by atoms with Crippen molar-refractivity contribution in [3.63, 3.8) is 0 Å². The first-order valence-electron chi connectivity index (χ1n) is 7.64. The van der Waals surface area contributed by atoms with E-state index in [0.717, 1.165) is 23.5 Å². The topological polar surface area (TPSA) is 28.2 Å². The second kappa shape index (κ2) is 4.96. The zero-order chi connectivity index (χ0) is 15.3. The highest BCUT2D eigenvalue weighted by molar-refractivity contribution is 7.22. The van der Waals surface area contributed by atoms with Gasteiger partial charge in [0.2, 0.25) is 0 Å². The summed E-state index contributed by atoms with van der Waals surface area (Å²) in [4.78, 5) is 7.19. The van der Waals surface area contributed by atoms with E-state index in [1.807, 2.05) is 0 Å². The molecule has 1 N–H and O–H groups in total. The minimum absolute atomic E-state index is 0.164. The maximum absolute atomic E-state index is 4.81. The van der Waals surface area contributed by atoms with Crippen LogP contribution in [0.25, 0.3) is 10.2 Å². The van der Waals surface area contributed by atoms with Crippen LogP contribution in [0.4, 0.5) is 5.13 Å². The van der Waals surface area contributed by atoms with Crippen molar-refractivity contribution in [1.29, 1.82) is 0 Å². The molecule has 0 unspecified atom stereocenters. The van der Waals surface area contributed by atoms with E-state index in [0.29, 0.717) is 6.04 Å². The fraction of sp³-hybridized carbons (Fsp3) is 0.588. The minimum atomic E-state index is 0.164. The van der Waals surface area contributed by atoms with Crippen molar-refractivity contribution in [2.24, 2.45) is 0 Å². The Bertz CT molecular complexity index is 595. The van der Waals surface area contributed by atoms with Crippen molar-refractivity contribution >= 4 is 26.7 Å². The molecule has 1 aromatic carbocycles. The molecule has 1 saturated heterocycles. The van der Waals surface area contributed by atoms with Gasteiger partial charge >= 0.3 is 0 Å². The molecule has 1 aliphatic heterocycles.